The molecule has 0 spiro atoms. The van der Waals surface area contributed by atoms with Crippen molar-refractivity contribution >= 4 is 5.78 Å². The van der Waals surface area contributed by atoms with Crippen LogP contribution in [0.5, 0.6) is 0 Å². The Bertz CT molecular complexity index is 75.8. The molecule has 0 aromatic rings. The summed E-state index contributed by atoms with van der Waals surface area (Å²) in [6.07, 6.45) is 8.00. The highest BCUT2D eigenvalue weighted by atomic mass is 16.1. The lowest BCUT2D eigenvalue weighted by Crippen LogP contribution is -2.14. The third-order valence-corrected chi connectivity index (χ3v) is 0.426. The van der Waals surface area contributed by atoms with E-state index in [-0.39, 0.29) is 5.78 Å². The number of nitrogens with one attached hydrogen (secondary N) is 1. The van der Waals surface area contributed by atoms with Crippen molar-refractivity contribution in [1.29, 1.82) is 0 Å². The molecule has 46 valence electrons. The number of ketones is 1. The highest BCUT2D eigenvalue weighted by molar-refractivity contribution is 5.77. The Labute approximate surface area is 50.3 Å². The fourth-order valence-corrected chi connectivity index (χ4v) is 0.249. The van der Waals surface area contributed by atoms with Gasteiger partial charge >= 0.3 is 0 Å². The topological polar surface area (TPSA) is 29.1 Å². The minimum absolute atomic E-state index is 0.178. The van der Waals surface area contributed by atoms with Crippen molar-refractivity contribution in [3.8, 4) is 12.8 Å². The number of carbonyl (C=O) groups is 1. The first-order valence-electron chi connectivity index (χ1n) is 2.24. The monoisotopic (exact) mass is 113 g/mol. The number of hydrogen-bond acceptors (Lipinski definition) is 2. The molecule has 2 nitrogen and oxygen atoms in total. The lowest BCUT2D eigenvalue weighted by molar-refractivity contribution is -0.116. The molecule has 0 fully saturated rings. The molecule has 0 bridgehead atoms. The number of terminal acetylenes is 1. The number of carbonyl (C=O) groups excluding carboxylic acids is 1. The van der Waals surface area contributed by atoms with Crippen LogP contribution in [0.1, 0.15) is 6.92 Å². The SMILES string of the molecule is C#C.CNCC(C)=O. The normalized spacial score (nSPS) is 6.50. The van der Waals surface area contributed by atoms with Crippen LogP contribution in [0.15, 0.2) is 0 Å². The second-order valence-electron chi connectivity index (χ2n) is 1.23. The summed E-state index contributed by atoms with van der Waals surface area (Å²) in [7, 11) is 1.75. The zero-order chi connectivity index (χ0) is 6.99. The number of hydrogen-bond donors (Lipinski definition) is 1. The first-order chi connectivity index (χ1) is 3.77. The molecule has 8 heavy (non-hydrogen) atoms. The third-order valence-electron chi connectivity index (χ3n) is 0.426. The minimum Gasteiger partial charge on any atom is -0.313 e. The van der Waals surface area contributed by atoms with Gasteiger partial charge in [-0.05, 0) is 14.0 Å². The van der Waals surface area contributed by atoms with Crippen LogP contribution in [0.25, 0.3) is 0 Å². The van der Waals surface area contributed by atoms with E-state index in [2.05, 4.69) is 18.2 Å². The number of rotatable bonds is 2. The maximum absolute atomic E-state index is 9.98. The molecule has 0 aliphatic rings. The first-order valence-corrected chi connectivity index (χ1v) is 2.24. The Morgan fingerprint density at radius 1 is 1.62 bits per heavy atom. The van der Waals surface area contributed by atoms with Crippen LogP contribution < -0.4 is 5.32 Å². The van der Waals surface area contributed by atoms with Gasteiger partial charge in [0.1, 0.15) is 5.78 Å². The van der Waals surface area contributed by atoms with Gasteiger partial charge in [0, 0.05) is 0 Å². The predicted octanol–water partition coefficient (Wildman–Crippen LogP) is 0.0442. The van der Waals surface area contributed by atoms with Crippen LogP contribution in [0.3, 0.4) is 0 Å². The van der Waals surface area contributed by atoms with Gasteiger partial charge in [-0.25, -0.2) is 0 Å². The van der Waals surface area contributed by atoms with Crippen LogP contribution in [0.2, 0.25) is 0 Å². The molecule has 0 amide bonds. The van der Waals surface area contributed by atoms with Gasteiger partial charge in [0.15, 0.2) is 0 Å². The zero-order valence-electron chi connectivity index (χ0n) is 5.27. The van der Waals surface area contributed by atoms with Crippen molar-refractivity contribution < 1.29 is 4.79 Å². The van der Waals surface area contributed by atoms with Crippen molar-refractivity contribution in [2.75, 3.05) is 13.6 Å². The van der Waals surface area contributed by atoms with Gasteiger partial charge in [0.25, 0.3) is 0 Å². The lowest BCUT2D eigenvalue weighted by Gasteiger charge is -1.85. The summed E-state index contributed by atoms with van der Waals surface area (Å²) in [5.74, 6) is 0.178. The zero-order valence-corrected chi connectivity index (χ0v) is 5.27. The fourth-order valence-electron chi connectivity index (χ4n) is 0.249. The molecule has 0 radical (unpaired) electrons. The molecule has 0 atom stereocenters. The van der Waals surface area contributed by atoms with Gasteiger partial charge in [-0.2, -0.15) is 0 Å². The Morgan fingerprint density at radius 2 is 2.00 bits per heavy atom. The highest BCUT2D eigenvalue weighted by Crippen LogP contribution is 1.57. The standard InChI is InChI=1S/C4H9NO.C2H2/c1-4(6)3-5-2;1-2/h5H,3H2,1-2H3;1-2H. The molecule has 0 aromatic heterocycles. The van der Waals surface area contributed by atoms with Gasteiger partial charge < -0.3 is 5.32 Å². The van der Waals surface area contributed by atoms with E-state index in [1.54, 1.807) is 14.0 Å². The predicted molar refractivity (Wildman–Crippen MR) is 34.5 cm³/mol. The minimum atomic E-state index is 0.178. The van der Waals surface area contributed by atoms with E-state index in [9.17, 15) is 4.79 Å². The Hall–Kier alpha value is -0.810. The van der Waals surface area contributed by atoms with Gasteiger partial charge in [0.05, 0.1) is 6.54 Å². The second-order valence-corrected chi connectivity index (χ2v) is 1.23. The second kappa shape index (κ2) is 9.50. The van der Waals surface area contributed by atoms with Crippen molar-refractivity contribution in [3.63, 3.8) is 0 Å². The molecule has 0 heterocycles. The molecule has 1 N–H and O–H groups in total. The Kier molecular flexibility index (Phi) is 12.1. The summed E-state index contributed by atoms with van der Waals surface area (Å²) >= 11 is 0. The maximum Gasteiger partial charge on any atom is 0.143 e. The Balaban J connectivity index is 0. The van der Waals surface area contributed by atoms with E-state index in [1.807, 2.05) is 0 Å². The van der Waals surface area contributed by atoms with Crippen LogP contribution in [0, 0.1) is 12.8 Å². The molecule has 0 rings (SSSR count). The molecule has 0 aliphatic carbocycles. The molecule has 0 aromatic carbocycles. The molecular weight excluding hydrogens is 102 g/mol. The summed E-state index contributed by atoms with van der Waals surface area (Å²) in [5, 5.41) is 2.72. The molecule has 0 saturated carbocycles. The van der Waals surface area contributed by atoms with Crippen LogP contribution >= 0.6 is 0 Å². The maximum atomic E-state index is 9.98. The summed E-state index contributed by atoms with van der Waals surface area (Å²) in [4.78, 5) is 9.98. The highest BCUT2D eigenvalue weighted by Gasteiger charge is 1.82. The van der Waals surface area contributed by atoms with Crippen molar-refractivity contribution in [2.45, 2.75) is 6.92 Å². The smallest absolute Gasteiger partial charge is 0.143 e. The molecule has 0 unspecified atom stereocenters. The van der Waals surface area contributed by atoms with E-state index in [1.165, 1.54) is 0 Å². The Morgan fingerprint density at radius 3 is 2.00 bits per heavy atom. The average molecular weight is 113 g/mol. The van der Waals surface area contributed by atoms with Crippen LogP contribution in [-0.2, 0) is 4.79 Å². The molecule has 2 heteroatoms. The fraction of sp³-hybridized carbons (Fsp3) is 0.500. The lowest BCUT2D eigenvalue weighted by atomic mass is 10.5. The summed E-state index contributed by atoms with van der Waals surface area (Å²) < 4.78 is 0. The number of likely N-dealkylation sites (N-methyl/N-ethyl adjacent to an activating group) is 1. The van der Waals surface area contributed by atoms with Crippen molar-refractivity contribution in [2.24, 2.45) is 0 Å². The third kappa shape index (κ3) is 19.0. The largest absolute Gasteiger partial charge is 0.313 e. The summed E-state index contributed by atoms with van der Waals surface area (Å²) in [6.45, 7) is 2.04. The van der Waals surface area contributed by atoms with Crippen molar-refractivity contribution in [1.82, 2.24) is 5.32 Å². The van der Waals surface area contributed by atoms with Gasteiger partial charge in [-0.1, -0.05) is 0 Å². The summed E-state index contributed by atoms with van der Waals surface area (Å²) in [6, 6.07) is 0. The number of Topliss-reactive ketones (excluding diaryl/α,β-unsaturated/α-hetero) is 1. The molecule has 0 aliphatic heterocycles. The van der Waals surface area contributed by atoms with Gasteiger partial charge in [0.2, 0.25) is 0 Å². The van der Waals surface area contributed by atoms with Crippen molar-refractivity contribution in [3.05, 3.63) is 0 Å². The quantitative estimate of drug-likeness (QED) is 0.512. The van der Waals surface area contributed by atoms with E-state index in [4.69, 9.17) is 0 Å². The van der Waals surface area contributed by atoms with E-state index in [0.29, 0.717) is 6.54 Å². The average Bonchev–Trinajstić information content (AvgIpc) is 1.72. The molecular formula is C6H11NO. The van der Waals surface area contributed by atoms with Crippen LogP contribution in [-0.4, -0.2) is 19.4 Å². The van der Waals surface area contributed by atoms with Gasteiger partial charge in [-0.15, -0.1) is 12.8 Å². The summed E-state index contributed by atoms with van der Waals surface area (Å²) in [5.41, 5.74) is 0. The molecule has 0 saturated heterocycles. The van der Waals surface area contributed by atoms with E-state index in [0.717, 1.165) is 0 Å². The van der Waals surface area contributed by atoms with Gasteiger partial charge in [-0.3, -0.25) is 4.79 Å². The van der Waals surface area contributed by atoms with E-state index < -0.39 is 0 Å². The van der Waals surface area contributed by atoms with Crippen LogP contribution in [0.4, 0.5) is 0 Å². The first kappa shape index (κ1) is 10.2. The van der Waals surface area contributed by atoms with E-state index >= 15 is 0 Å².